The Kier molecular flexibility index (Phi) is 3.50. The first-order valence-electron chi connectivity index (χ1n) is 6.96. The Morgan fingerprint density at radius 2 is 1.90 bits per heavy atom. The molecule has 2 N–H and O–H groups in total. The molecule has 0 fully saturated rings. The van der Waals surface area contributed by atoms with Crippen LogP contribution in [0.25, 0.3) is 0 Å². The number of phenolic OH excluding ortho intramolecular Hbond substituents is 1. The average Bonchev–Trinajstić information content (AvgIpc) is 2.49. The zero-order chi connectivity index (χ0) is 13.9. The van der Waals surface area contributed by atoms with Crippen molar-refractivity contribution in [2.75, 3.05) is 12.4 Å². The molecule has 1 aliphatic rings. The molecule has 0 heterocycles. The first-order valence-corrected chi connectivity index (χ1v) is 6.96. The van der Waals surface area contributed by atoms with Gasteiger partial charge in [-0.05, 0) is 66.8 Å². The Morgan fingerprint density at radius 3 is 2.65 bits per heavy atom. The summed E-state index contributed by atoms with van der Waals surface area (Å²) in [4.78, 5) is 0. The summed E-state index contributed by atoms with van der Waals surface area (Å²) in [6.07, 6.45) is 3.21. The van der Waals surface area contributed by atoms with E-state index in [4.69, 9.17) is 4.74 Å². The largest absolute Gasteiger partial charge is 0.508 e. The molecule has 3 heteroatoms. The lowest BCUT2D eigenvalue weighted by Crippen LogP contribution is -2.27. The predicted molar refractivity (Wildman–Crippen MR) is 80.5 cm³/mol. The monoisotopic (exact) mass is 269 g/mol. The van der Waals surface area contributed by atoms with Gasteiger partial charge in [-0.3, -0.25) is 0 Å². The highest BCUT2D eigenvalue weighted by Crippen LogP contribution is 2.27. The number of anilines is 1. The van der Waals surface area contributed by atoms with Gasteiger partial charge in [-0.1, -0.05) is 6.07 Å². The normalized spacial score (nSPS) is 17.4. The number of rotatable bonds is 3. The summed E-state index contributed by atoms with van der Waals surface area (Å²) in [5.41, 5.74) is 3.85. The van der Waals surface area contributed by atoms with Gasteiger partial charge in [-0.15, -0.1) is 0 Å². The smallest absolute Gasteiger partial charge is 0.119 e. The number of nitrogens with one attached hydrogen (secondary N) is 1. The summed E-state index contributed by atoms with van der Waals surface area (Å²) in [6, 6.07) is 14.0. The van der Waals surface area contributed by atoms with Crippen molar-refractivity contribution in [2.45, 2.75) is 25.3 Å². The van der Waals surface area contributed by atoms with Crippen molar-refractivity contribution in [3.8, 4) is 11.5 Å². The van der Waals surface area contributed by atoms with Crippen LogP contribution in [-0.4, -0.2) is 18.3 Å². The van der Waals surface area contributed by atoms with Gasteiger partial charge >= 0.3 is 0 Å². The minimum absolute atomic E-state index is 0.302. The van der Waals surface area contributed by atoms with Gasteiger partial charge in [0, 0.05) is 11.7 Å². The van der Waals surface area contributed by atoms with Crippen molar-refractivity contribution >= 4 is 5.69 Å². The topological polar surface area (TPSA) is 41.5 Å². The lowest BCUT2D eigenvalue weighted by Gasteiger charge is -2.26. The molecule has 0 saturated heterocycles. The first kappa shape index (κ1) is 12.9. The molecule has 0 spiro atoms. The second-order valence-corrected chi connectivity index (χ2v) is 5.27. The zero-order valence-corrected chi connectivity index (χ0v) is 11.6. The van der Waals surface area contributed by atoms with E-state index in [1.807, 2.05) is 18.2 Å². The minimum atomic E-state index is 0.302. The van der Waals surface area contributed by atoms with Crippen molar-refractivity contribution in [3.63, 3.8) is 0 Å². The SMILES string of the molecule is COc1ccc2c(c1)CCC(Nc1ccc(O)cc1)C2. The molecule has 3 rings (SSSR count). The Labute approximate surface area is 119 Å². The van der Waals surface area contributed by atoms with E-state index >= 15 is 0 Å². The number of phenols is 1. The fourth-order valence-corrected chi connectivity index (χ4v) is 2.77. The minimum Gasteiger partial charge on any atom is -0.508 e. The highest BCUT2D eigenvalue weighted by atomic mass is 16.5. The van der Waals surface area contributed by atoms with Crippen molar-refractivity contribution in [2.24, 2.45) is 0 Å². The third-order valence-electron chi connectivity index (χ3n) is 3.88. The summed E-state index contributed by atoms with van der Waals surface area (Å²) in [6.45, 7) is 0. The Balaban J connectivity index is 1.70. The van der Waals surface area contributed by atoms with Crippen LogP contribution in [0.1, 0.15) is 17.5 Å². The number of methoxy groups -OCH3 is 1. The Bertz CT molecular complexity index is 592. The molecule has 104 valence electrons. The van der Waals surface area contributed by atoms with E-state index in [0.717, 1.165) is 30.7 Å². The molecule has 3 nitrogen and oxygen atoms in total. The maximum absolute atomic E-state index is 9.30. The number of hydrogen-bond acceptors (Lipinski definition) is 3. The second-order valence-electron chi connectivity index (χ2n) is 5.27. The van der Waals surface area contributed by atoms with Crippen molar-refractivity contribution < 1.29 is 9.84 Å². The zero-order valence-electron chi connectivity index (χ0n) is 11.6. The third-order valence-corrected chi connectivity index (χ3v) is 3.88. The van der Waals surface area contributed by atoms with Crippen LogP contribution in [0.15, 0.2) is 42.5 Å². The lowest BCUT2D eigenvalue weighted by atomic mass is 9.88. The van der Waals surface area contributed by atoms with E-state index in [1.54, 1.807) is 19.2 Å². The van der Waals surface area contributed by atoms with Gasteiger partial charge in [0.25, 0.3) is 0 Å². The van der Waals surface area contributed by atoms with Gasteiger partial charge in [0.05, 0.1) is 7.11 Å². The van der Waals surface area contributed by atoms with Gasteiger partial charge < -0.3 is 15.2 Å². The fourth-order valence-electron chi connectivity index (χ4n) is 2.77. The van der Waals surface area contributed by atoms with Gasteiger partial charge in [0.1, 0.15) is 11.5 Å². The molecule has 1 unspecified atom stereocenters. The molecule has 2 aromatic rings. The summed E-state index contributed by atoms with van der Waals surface area (Å²) in [5.74, 6) is 1.24. The summed E-state index contributed by atoms with van der Waals surface area (Å²) >= 11 is 0. The van der Waals surface area contributed by atoms with Crippen molar-refractivity contribution in [1.82, 2.24) is 0 Å². The highest BCUT2D eigenvalue weighted by Gasteiger charge is 2.18. The van der Waals surface area contributed by atoms with Crippen LogP contribution in [0.4, 0.5) is 5.69 Å². The Hall–Kier alpha value is -2.16. The maximum Gasteiger partial charge on any atom is 0.119 e. The van der Waals surface area contributed by atoms with Crippen LogP contribution in [0.3, 0.4) is 0 Å². The number of hydrogen-bond donors (Lipinski definition) is 2. The molecule has 2 aromatic carbocycles. The van der Waals surface area contributed by atoms with Crippen LogP contribution < -0.4 is 10.1 Å². The molecule has 0 aliphatic heterocycles. The van der Waals surface area contributed by atoms with Crippen LogP contribution in [0.2, 0.25) is 0 Å². The van der Waals surface area contributed by atoms with Crippen LogP contribution >= 0.6 is 0 Å². The van der Waals surface area contributed by atoms with Crippen LogP contribution in [0, 0.1) is 0 Å². The molecule has 20 heavy (non-hydrogen) atoms. The van der Waals surface area contributed by atoms with Gasteiger partial charge in [0.2, 0.25) is 0 Å². The molecular formula is C17H19NO2. The standard InChI is InChI=1S/C17H19NO2/c1-20-17-9-3-12-10-15(4-2-13(12)11-17)18-14-5-7-16(19)8-6-14/h3,5-9,11,15,18-19H,2,4,10H2,1H3. The Morgan fingerprint density at radius 1 is 1.10 bits per heavy atom. The van der Waals surface area contributed by atoms with Crippen LogP contribution in [-0.2, 0) is 12.8 Å². The first-order chi connectivity index (χ1) is 9.74. The molecular weight excluding hydrogens is 250 g/mol. The van der Waals surface area contributed by atoms with E-state index in [0.29, 0.717) is 11.8 Å². The van der Waals surface area contributed by atoms with E-state index in [-0.39, 0.29) is 0 Å². The fraction of sp³-hybridized carbons (Fsp3) is 0.294. The van der Waals surface area contributed by atoms with Gasteiger partial charge in [-0.25, -0.2) is 0 Å². The lowest BCUT2D eigenvalue weighted by molar-refractivity contribution is 0.413. The van der Waals surface area contributed by atoms with Gasteiger partial charge in [-0.2, -0.15) is 0 Å². The van der Waals surface area contributed by atoms with Crippen molar-refractivity contribution in [1.29, 1.82) is 0 Å². The maximum atomic E-state index is 9.30. The molecule has 1 atom stereocenters. The average molecular weight is 269 g/mol. The predicted octanol–water partition coefficient (Wildman–Crippen LogP) is 3.37. The quantitative estimate of drug-likeness (QED) is 0.839. The molecule has 0 radical (unpaired) electrons. The summed E-state index contributed by atoms with van der Waals surface area (Å²) in [5, 5.41) is 12.8. The number of benzene rings is 2. The molecule has 0 amide bonds. The van der Waals surface area contributed by atoms with E-state index < -0.39 is 0 Å². The number of aryl methyl sites for hydroxylation is 1. The summed E-state index contributed by atoms with van der Waals surface area (Å²) < 4.78 is 5.27. The third kappa shape index (κ3) is 2.72. The molecule has 0 bridgehead atoms. The molecule has 1 aliphatic carbocycles. The molecule has 0 saturated carbocycles. The van der Waals surface area contributed by atoms with E-state index in [1.165, 1.54) is 11.1 Å². The van der Waals surface area contributed by atoms with Crippen LogP contribution in [0.5, 0.6) is 11.5 Å². The number of ether oxygens (including phenoxy) is 1. The van der Waals surface area contributed by atoms with Crippen molar-refractivity contribution in [3.05, 3.63) is 53.6 Å². The van der Waals surface area contributed by atoms with E-state index in [2.05, 4.69) is 17.4 Å². The number of aromatic hydroxyl groups is 1. The number of fused-ring (bicyclic) bond motifs is 1. The van der Waals surface area contributed by atoms with Gasteiger partial charge in [0.15, 0.2) is 0 Å². The van der Waals surface area contributed by atoms with E-state index in [9.17, 15) is 5.11 Å². The highest BCUT2D eigenvalue weighted by molar-refractivity contribution is 5.48. The summed E-state index contributed by atoms with van der Waals surface area (Å²) in [7, 11) is 1.71. The second kappa shape index (κ2) is 5.45. The molecule has 0 aromatic heterocycles.